The van der Waals surface area contributed by atoms with Gasteiger partial charge in [-0.1, -0.05) is 30.3 Å². The molecule has 0 amide bonds. The highest BCUT2D eigenvalue weighted by molar-refractivity contribution is 5.85. The molecular formula is C16H12N2O2. The highest BCUT2D eigenvalue weighted by Crippen LogP contribution is 2.21. The van der Waals surface area contributed by atoms with Crippen molar-refractivity contribution in [3.8, 4) is 11.3 Å². The minimum absolute atomic E-state index is 0.856. The molecule has 1 aromatic carbocycles. The summed E-state index contributed by atoms with van der Waals surface area (Å²) >= 11 is 0. The van der Waals surface area contributed by atoms with Gasteiger partial charge in [0.05, 0.1) is 23.7 Å². The van der Waals surface area contributed by atoms with Crippen molar-refractivity contribution in [1.82, 2.24) is 9.38 Å². The van der Waals surface area contributed by atoms with Gasteiger partial charge in [0.15, 0.2) is 0 Å². The van der Waals surface area contributed by atoms with E-state index >= 15 is 0 Å². The molecule has 1 N–H and O–H groups in total. The van der Waals surface area contributed by atoms with Crippen LogP contribution >= 0.6 is 0 Å². The second-order valence-corrected chi connectivity index (χ2v) is 4.39. The van der Waals surface area contributed by atoms with E-state index < -0.39 is 5.97 Å². The first-order valence-electron chi connectivity index (χ1n) is 6.16. The molecule has 2 aromatic heterocycles. The van der Waals surface area contributed by atoms with Crippen LogP contribution in [-0.4, -0.2) is 20.5 Å². The number of benzene rings is 1. The van der Waals surface area contributed by atoms with Crippen LogP contribution in [0.1, 0.15) is 5.56 Å². The first-order chi connectivity index (χ1) is 9.74. The SMILES string of the molecule is O=C(O)C=Cc1ccc(-c2cccc3cncn23)cc1. The number of aromatic nitrogens is 2. The van der Waals surface area contributed by atoms with Crippen LogP contribution in [-0.2, 0) is 4.79 Å². The van der Waals surface area contributed by atoms with Crippen LogP contribution in [0.4, 0.5) is 0 Å². The van der Waals surface area contributed by atoms with Crippen LogP contribution in [0.3, 0.4) is 0 Å². The van der Waals surface area contributed by atoms with Crippen molar-refractivity contribution in [3.05, 3.63) is 66.6 Å². The molecule has 0 aliphatic carbocycles. The largest absolute Gasteiger partial charge is 0.478 e. The summed E-state index contributed by atoms with van der Waals surface area (Å²) in [5.41, 5.74) is 4.00. The summed E-state index contributed by atoms with van der Waals surface area (Å²) in [5.74, 6) is -0.947. The number of carboxylic acid groups (broad SMARTS) is 1. The van der Waals surface area contributed by atoms with Gasteiger partial charge in [-0.15, -0.1) is 0 Å². The Kier molecular flexibility index (Phi) is 3.05. The van der Waals surface area contributed by atoms with Gasteiger partial charge >= 0.3 is 5.97 Å². The molecule has 0 unspecified atom stereocenters. The summed E-state index contributed by atoms with van der Waals surface area (Å²) in [6.07, 6.45) is 6.30. The van der Waals surface area contributed by atoms with Gasteiger partial charge in [0, 0.05) is 6.08 Å². The number of imidazole rings is 1. The number of carbonyl (C=O) groups is 1. The standard InChI is InChI=1S/C16H12N2O2/c19-16(20)9-6-12-4-7-13(8-5-12)15-3-1-2-14-10-17-11-18(14)15/h1-11H,(H,19,20). The summed E-state index contributed by atoms with van der Waals surface area (Å²) in [6, 6.07) is 13.7. The lowest BCUT2D eigenvalue weighted by Gasteiger charge is -2.06. The van der Waals surface area contributed by atoms with Gasteiger partial charge in [-0.05, 0) is 29.3 Å². The molecular weight excluding hydrogens is 252 g/mol. The molecule has 2 heterocycles. The molecule has 0 saturated carbocycles. The van der Waals surface area contributed by atoms with Gasteiger partial charge < -0.3 is 5.11 Å². The third-order valence-electron chi connectivity index (χ3n) is 3.07. The molecule has 0 bridgehead atoms. The van der Waals surface area contributed by atoms with Crippen molar-refractivity contribution in [1.29, 1.82) is 0 Å². The quantitative estimate of drug-likeness (QED) is 0.739. The number of pyridine rings is 1. The average Bonchev–Trinajstić information content (AvgIpc) is 2.94. The van der Waals surface area contributed by atoms with E-state index in [2.05, 4.69) is 4.98 Å². The second kappa shape index (κ2) is 5.01. The predicted molar refractivity (Wildman–Crippen MR) is 77.3 cm³/mol. The van der Waals surface area contributed by atoms with Gasteiger partial charge in [-0.25, -0.2) is 9.78 Å². The van der Waals surface area contributed by atoms with Gasteiger partial charge in [0.25, 0.3) is 0 Å². The Bertz CT molecular complexity index is 786. The zero-order chi connectivity index (χ0) is 13.9. The lowest BCUT2D eigenvalue weighted by molar-refractivity contribution is -0.131. The van der Waals surface area contributed by atoms with Crippen molar-refractivity contribution in [2.75, 3.05) is 0 Å². The normalized spacial score (nSPS) is 11.2. The molecule has 0 fully saturated rings. The number of rotatable bonds is 3. The predicted octanol–water partition coefficient (Wildman–Crippen LogP) is 3.10. The number of hydrogen-bond acceptors (Lipinski definition) is 2. The van der Waals surface area contributed by atoms with Crippen molar-refractivity contribution in [2.24, 2.45) is 0 Å². The zero-order valence-electron chi connectivity index (χ0n) is 10.6. The van der Waals surface area contributed by atoms with Gasteiger partial charge in [-0.2, -0.15) is 0 Å². The molecule has 3 rings (SSSR count). The lowest BCUT2D eigenvalue weighted by atomic mass is 10.1. The van der Waals surface area contributed by atoms with Crippen LogP contribution in [0.2, 0.25) is 0 Å². The molecule has 0 radical (unpaired) electrons. The van der Waals surface area contributed by atoms with Crippen LogP contribution in [0, 0.1) is 0 Å². The minimum Gasteiger partial charge on any atom is -0.478 e. The first-order valence-corrected chi connectivity index (χ1v) is 6.16. The third-order valence-corrected chi connectivity index (χ3v) is 3.07. The Balaban J connectivity index is 1.99. The van der Waals surface area contributed by atoms with E-state index in [9.17, 15) is 4.79 Å². The summed E-state index contributed by atoms with van der Waals surface area (Å²) in [6.45, 7) is 0. The maximum absolute atomic E-state index is 10.5. The average molecular weight is 264 g/mol. The van der Waals surface area contributed by atoms with Crippen molar-refractivity contribution >= 4 is 17.6 Å². The van der Waals surface area contributed by atoms with E-state index in [4.69, 9.17) is 5.11 Å². The highest BCUT2D eigenvalue weighted by Gasteiger charge is 2.02. The van der Waals surface area contributed by atoms with E-state index in [1.54, 1.807) is 12.4 Å². The van der Waals surface area contributed by atoms with Crippen LogP contribution in [0.25, 0.3) is 22.9 Å². The van der Waals surface area contributed by atoms with Crippen molar-refractivity contribution in [3.63, 3.8) is 0 Å². The highest BCUT2D eigenvalue weighted by atomic mass is 16.4. The Morgan fingerprint density at radius 3 is 2.70 bits per heavy atom. The van der Waals surface area contributed by atoms with Crippen LogP contribution in [0.15, 0.2) is 61.1 Å². The topological polar surface area (TPSA) is 54.6 Å². The summed E-state index contributed by atoms with van der Waals surface area (Å²) in [4.78, 5) is 14.6. The van der Waals surface area contributed by atoms with Crippen LogP contribution < -0.4 is 0 Å². The summed E-state index contributed by atoms with van der Waals surface area (Å²) in [5, 5.41) is 8.61. The maximum atomic E-state index is 10.5. The van der Waals surface area contributed by atoms with E-state index in [0.29, 0.717) is 0 Å². The molecule has 0 aliphatic heterocycles. The van der Waals surface area contributed by atoms with Gasteiger partial charge in [0.2, 0.25) is 0 Å². The summed E-state index contributed by atoms with van der Waals surface area (Å²) in [7, 11) is 0. The van der Waals surface area contributed by atoms with Crippen molar-refractivity contribution in [2.45, 2.75) is 0 Å². The van der Waals surface area contributed by atoms with Crippen LogP contribution in [0.5, 0.6) is 0 Å². The third kappa shape index (κ3) is 2.31. The summed E-state index contributed by atoms with van der Waals surface area (Å²) < 4.78 is 2.02. The van der Waals surface area contributed by atoms with E-state index in [1.165, 1.54) is 0 Å². The molecule has 20 heavy (non-hydrogen) atoms. The number of hydrogen-bond donors (Lipinski definition) is 1. The van der Waals surface area contributed by atoms with Crippen molar-refractivity contribution < 1.29 is 9.90 Å². The number of carboxylic acids is 1. The molecule has 0 spiro atoms. The number of fused-ring (bicyclic) bond motifs is 1. The number of nitrogens with zero attached hydrogens (tertiary/aromatic N) is 2. The molecule has 3 aromatic rings. The lowest BCUT2D eigenvalue weighted by Crippen LogP contribution is -1.90. The Morgan fingerprint density at radius 1 is 1.15 bits per heavy atom. The van der Waals surface area contributed by atoms with E-state index in [0.717, 1.165) is 28.4 Å². The zero-order valence-corrected chi connectivity index (χ0v) is 10.6. The minimum atomic E-state index is -0.947. The Hall–Kier alpha value is -2.88. The van der Waals surface area contributed by atoms with Gasteiger partial charge in [0.1, 0.15) is 0 Å². The number of aliphatic carboxylic acids is 1. The monoisotopic (exact) mass is 264 g/mol. The molecule has 0 aliphatic rings. The molecule has 0 atom stereocenters. The Labute approximate surface area is 115 Å². The fourth-order valence-electron chi connectivity index (χ4n) is 2.12. The first kappa shape index (κ1) is 12.2. The molecule has 4 nitrogen and oxygen atoms in total. The Morgan fingerprint density at radius 2 is 1.95 bits per heavy atom. The maximum Gasteiger partial charge on any atom is 0.328 e. The van der Waals surface area contributed by atoms with E-state index in [-0.39, 0.29) is 0 Å². The van der Waals surface area contributed by atoms with E-state index in [1.807, 2.05) is 53.1 Å². The molecule has 98 valence electrons. The van der Waals surface area contributed by atoms with Gasteiger partial charge in [-0.3, -0.25) is 4.40 Å². The molecule has 0 saturated heterocycles. The second-order valence-electron chi connectivity index (χ2n) is 4.39. The fourth-order valence-corrected chi connectivity index (χ4v) is 2.12. The smallest absolute Gasteiger partial charge is 0.328 e. The fraction of sp³-hybridized carbons (Fsp3) is 0. The molecule has 4 heteroatoms.